The first-order chi connectivity index (χ1) is 7.74. The summed E-state index contributed by atoms with van der Waals surface area (Å²) in [6.07, 6.45) is 0.922. The van der Waals surface area contributed by atoms with Crippen molar-refractivity contribution in [2.75, 3.05) is 0 Å². The van der Waals surface area contributed by atoms with Gasteiger partial charge in [-0.3, -0.25) is 4.79 Å². The van der Waals surface area contributed by atoms with Crippen molar-refractivity contribution in [1.82, 2.24) is 0 Å². The molecule has 0 fully saturated rings. The number of aldehydes is 1. The number of aryl methyl sites for hydroxylation is 1. The number of hydrogen-bond acceptors (Lipinski definition) is 1. The first-order valence-corrected chi connectivity index (χ1v) is 6.11. The number of hydrogen-bond donors (Lipinski definition) is 0. The van der Waals surface area contributed by atoms with Gasteiger partial charge in [-0.2, -0.15) is 0 Å². The predicted octanol–water partition coefficient (Wildman–Crippen LogP) is 4.08. The second-order valence-electron chi connectivity index (χ2n) is 3.64. The third kappa shape index (κ3) is 2.02. The van der Waals surface area contributed by atoms with E-state index < -0.39 is 0 Å². The van der Waals surface area contributed by atoms with Crippen molar-refractivity contribution in [2.45, 2.75) is 6.92 Å². The predicted molar refractivity (Wildman–Crippen MR) is 74.7 cm³/mol. The van der Waals surface area contributed by atoms with Gasteiger partial charge in [0, 0.05) is 9.13 Å². The molecule has 0 spiro atoms. The molecule has 0 amide bonds. The van der Waals surface area contributed by atoms with Crippen LogP contribution in [0.5, 0.6) is 0 Å². The van der Waals surface area contributed by atoms with Crippen LogP contribution in [0.4, 0.5) is 0 Å². The van der Waals surface area contributed by atoms with Gasteiger partial charge >= 0.3 is 0 Å². The fraction of sp³-hybridized carbons (Fsp3) is 0.0714. The van der Waals surface area contributed by atoms with Gasteiger partial charge in [-0.15, -0.1) is 0 Å². The van der Waals surface area contributed by atoms with Crippen molar-refractivity contribution >= 4 is 28.9 Å². The highest BCUT2D eigenvalue weighted by Crippen LogP contribution is 2.30. The van der Waals surface area contributed by atoms with Gasteiger partial charge in [0.1, 0.15) is 0 Å². The van der Waals surface area contributed by atoms with Crippen molar-refractivity contribution in [2.24, 2.45) is 0 Å². The Morgan fingerprint density at radius 2 is 1.81 bits per heavy atom. The minimum absolute atomic E-state index is 0.754. The number of rotatable bonds is 2. The molecule has 0 N–H and O–H groups in total. The summed E-state index contributed by atoms with van der Waals surface area (Å²) in [4.78, 5) is 11.1. The summed E-state index contributed by atoms with van der Waals surface area (Å²) < 4.78 is 1.16. The Labute approximate surface area is 109 Å². The zero-order valence-corrected chi connectivity index (χ0v) is 11.1. The summed E-state index contributed by atoms with van der Waals surface area (Å²) in [5.74, 6) is 0. The molecular formula is C14H11IO. The van der Waals surface area contributed by atoms with Crippen molar-refractivity contribution in [1.29, 1.82) is 0 Å². The van der Waals surface area contributed by atoms with Crippen LogP contribution in [0.15, 0.2) is 42.5 Å². The molecule has 0 atom stereocenters. The first-order valence-electron chi connectivity index (χ1n) is 5.03. The van der Waals surface area contributed by atoms with E-state index in [0.29, 0.717) is 0 Å². The SMILES string of the molecule is Cc1cccc(C=O)c1-c1ccccc1I. The highest BCUT2D eigenvalue weighted by Gasteiger charge is 2.09. The maximum Gasteiger partial charge on any atom is 0.150 e. The molecule has 1 nitrogen and oxygen atoms in total. The van der Waals surface area contributed by atoms with Crippen LogP contribution in [0.3, 0.4) is 0 Å². The average molecular weight is 322 g/mol. The van der Waals surface area contributed by atoms with Gasteiger partial charge in [0.2, 0.25) is 0 Å². The van der Waals surface area contributed by atoms with E-state index in [9.17, 15) is 4.79 Å². The van der Waals surface area contributed by atoms with E-state index in [-0.39, 0.29) is 0 Å². The lowest BCUT2D eigenvalue weighted by atomic mass is 9.96. The minimum atomic E-state index is 0.754. The van der Waals surface area contributed by atoms with E-state index in [1.807, 2.05) is 37.3 Å². The van der Waals surface area contributed by atoms with Gasteiger partial charge in [-0.05, 0) is 52.3 Å². The van der Waals surface area contributed by atoms with E-state index in [4.69, 9.17) is 0 Å². The summed E-state index contributed by atoms with van der Waals surface area (Å²) in [5.41, 5.74) is 4.06. The Morgan fingerprint density at radius 3 is 2.50 bits per heavy atom. The molecule has 0 aliphatic heterocycles. The number of carbonyl (C=O) groups is 1. The van der Waals surface area contributed by atoms with Crippen LogP contribution in [0.1, 0.15) is 15.9 Å². The lowest BCUT2D eigenvalue weighted by Gasteiger charge is -2.10. The smallest absolute Gasteiger partial charge is 0.150 e. The second kappa shape index (κ2) is 4.78. The van der Waals surface area contributed by atoms with E-state index in [1.54, 1.807) is 0 Å². The largest absolute Gasteiger partial charge is 0.298 e. The van der Waals surface area contributed by atoms with Crippen LogP contribution < -0.4 is 0 Å². The maximum atomic E-state index is 11.1. The third-order valence-electron chi connectivity index (χ3n) is 2.58. The quantitative estimate of drug-likeness (QED) is 0.601. The molecule has 0 saturated heterocycles. The summed E-state index contributed by atoms with van der Waals surface area (Å²) in [6, 6.07) is 13.9. The lowest BCUT2D eigenvalue weighted by Crippen LogP contribution is -1.92. The van der Waals surface area contributed by atoms with Crippen molar-refractivity contribution in [3.05, 3.63) is 57.2 Å². The van der Waals surface area contributed by atoms with Gasteiger partial charge < -0.3 is 0 Å². The van der Waals surface area contributed by atoms with Crippen LogP contribution in [-0.2, 0) is 0 Å². The van der Waals surface area contributed by atoms with Crippen molar-refractivity contribution in [3.63, 3.8) is 0 Å². The Kier molecular flexibility index (Phi) is 3.39. The summed E-state index contributed by atoms with van der Waals surface area (Å²) in [5, 5.41) is 0. The van der Waals surface area contributed by atoms with E-state index in [1.165, 1.54) is 0 Å². The normalized spacial score (nSPS) is 10.1. The molecule has 0 unspecified atom stereocenters. The fourth-order valence-electron chi connectivity index (χ4n) is 1.82. The molecule has 0 aliphatic rings. The number of benzene rings is 2. The van der Waals surface area contributed by atoms with E-state index >= 15 is 0 Å². The van der Waals surface area contributed by atoms with Gasteiger partial charge in [0.25, 0.3) is 0 Å². The molecule has 16 heavy (non-hydrogen) atoms. The number of carbonyl (C=O) groups excluding carboxylic acids is 1. The second-order valence-corrected chi connectivity index (χ2v) is 4.80. The van der Waals surface area contributed by atoms with Gasteiger partial charge in [-0.25, -0.2) is 0 Å². The molecule has 0 bridgehead atoms. The monoisotopic (exact) mass is 322 g/mol. The molecule has 2 rings (SSSR count). The average Bonchev–Trinajstić information content (AvgIpc) is 2.30. The van der Waals surface area contributed by atoms with Crippen LogP contribution in [0.2, 0.25) is 0 Å². The standard InChI is InChI=1S/C14H11IO/c1-10-5-4-6-11(9-16)14(10)12-7-2-3-8-13(12)15/h2-9H,1H3. The summed E-state index contributed by atoms with van der Waals surface area (Å²) >= 11 is 2.30. The van der Waals surface area contributed by atoms with Crippen LogP contribution in [0, 0.1) is 10.5 Å². The molecule has 2 aromatic carbocycles. The van der Waals surface area contributed by atoms with Crippen LogP contribution in [0.25, 0.3) is 11.1 Å². The van der Waals surface area contributed by atoms with Crippen LogP contribution >= 0.6 is 22.6 Å². The van der Waals surface area contributed by atoms with E-state index in [2.05, 4.69) is 34.7 Å². The third-order valence-corrected chi connectivity index (χ3v) is 3.52. The lowest BCUT2D eigenvalue weighted by molar-refractivity contribution is 0.112. The Bertz CT molecular complexity index is 532. The van der Waals surface area contributed by atoms with Gasteiger partial charge in [-0.1, -0.05) is 36.4 Å². The summed E-state index contributed by atoms with van der Waals surface area (Å²) in [6.45, 7) is 2.03. The number of halogens is 1. The molecule has 0 aliphatic carbocycles. The first kappa shape index (κ1) is 11.3. The maximum absolute atomic E-state index is 11.1. The topological polar surface area (TPSA) is 17.1 Å². The Morgan fingerprint density at radius 1 is 1.06 bits per heavy atom. The Balaban J connectivity index is 2.73. The van der Waals surface area contributed by atoms with Crippen molar-refractivity contribution < 1.29 is 4.79 Å². The molecule has 2 heteroatoms. The molecule has 0 heterocycles. The zero-order valence-electron chi connectivity index (χ0n) is 8.91. The van der Waals surface area contributed by atoms with Gasteiger partial charge in [0.15, 0.2) is 6.29 Å². The molecule has 2 aromatic rings. The minimum Gasteiger partial charge on any atom is -0.298 e. The molecule has 0 saturated carbocycles. The van der Waals surface area contributed by atoms with Crippen LogP contribution in [-0.4, -0.2) is 6.29 Å². The fourth-order valence-corrected chi connectivity index (χ4v) is 2.48. The molecule has 0 aromatic heterocycles. The molecular weight excluding hydrogens is 311 g/mol. The molecule has 0 radical (unpaired) electrons. The molecule has 80 valence electrons. The summed E-state index contributed by atoms with van der Waals surface area (Å²) in [7, 11) is 0. The Hall–Kier alpha value is -1.16. The zero-order chi connectivity index (χ0) is 11.5. The van der Waals surface area contributed by atoms with Gasteiger partial charge in [0.05, 0.1) is 0 Å². The highest BCUT2D eigenvalue weighted by molar-refractivity contribution is 14.1. The van der Waals surface area contributed by atoms with E-state index in [0.717, 1.165) is 32.1 Å². The van der Waals surface area contributed by atoms with Crippen molar-refractivity contribution in [3.8, 4) is 11.1 Å². The highest BCUT2D eigenvalue weighted by atomic mass is 127.